The van der Waals surface area contributed by atoms with E-state index in [4.69, 9.17) is 35.0 Å². The van der Waals surface area contributed by atoms with Gasteiger partial charge in [0.1, 0.15) is 0 Å². The second-order valence-corrected chi connectivity index (χ2v) is 32.7. The van der Waals surface area contributed by atoms with Crippen molar-refractivity contribution in [3.8, 4) is 28.4 Å². The van der Waals surface area contributed by atoms with E-state index in [9.17, 15) is 31.2 Å². The highest BCUT2D eigenvalue weighted by atomic mass is 79.9. The van der Waals surface area contributed by atoms with Gasteiger partial charge in [-0.05, 0) is 187 Å². The van der Waals surface area contributed by atoms with Gasteiger partial charge in [0, 0.05) is 64.7 Å². The maximum Gasteiger partial charge on any atom is 0.337 e. The van der Waals surface area contributed by atoms with Gasteiger partial charge in [-0.2, -0.15) is 21.9 Å². The van der Waals surface area contributed by atoms with E-state index in [1.807, 2.05) is 105 Å². The van der Waals surface area contributed by atoms with Gasteiger partial charge in [-0.3, -0.25) is 27.8 Å². The number of hydrogen-bond acceptors (Lipinski definition) is 21. The number of carbonyl (C=O) groups is 2. The summed E-state index contributed by atoms with van der Waals surface area (Å²) in [6.07, 6.45) is 8.48. The highest BCUT2D eigenvalue weighted by Crippen LogP contribution is 2.32. The van der Waals surface area contributed by atoms with Gasteiger partial charge in [-0.15, -0.1) is 0 Å². The topological polar surface area (TPSA) is 361 Å². The van der Waals surface area contributed by atoms with Gasteiger partial charge < -0.3 is 50.2 Å². The van der Waals surface area contributed by atoms with Crippen molar-refractivity contribution in [1.29, 1.82) is 0 Å². The van der Waals surface area contributed by atoms with Gasteiger partial charge in [0.25, 0.3) is 25.8 Å². The number of pyridine rings is 2. The van der Waals surface area contributed by atoms with Gasteiger partial charge in [0.15, 0.2) is 0 Å². The van der Waals surface area contributed by atoms with Crippen LogP contribution in [-0.2, 0) is 71.8 Å². The molecule has 0 amide bonds. The number of methoxy groups -OCH3 is 2. The first-order valence-corrected chi connectivity index (χ1v) is 40.2. The number of imidazole rings is 3. The number of aromatic amines is 1. The fourth-order valence-electron chi connectivity index (χ4n) is 11.8. The van der Waals surface area contributed by atoms with Gasteiger partial charge in [0.05, 0.1) is 117 Å². The number of esters is 2. The third-order valence-corrected chi connectivity index (χ3v) is 21.8. The number of halogens is 3. The van der Waals surface area contributed by atoms with Crippen LogP contribution >= 0.6 is 47.8 Å². The second-order valence-electron chi connectivity index (χ2n) is 26.7. The summed E-state index contributed by atoms with van der Waals surface area (Å²) in [5.74, 6) is 1.76. The molecule has 27 nitrogen and oxygen atoms in total. The molecule has 0 spiro atoms. The predicted octanol–water partition coefficient (Wildman–Crippen LogP) is 14.7. The molecule has 578 valence electrons. The van der Waals surface area contributed by atoms with Crippen LogP contribution in [0, 0.1) is 45.4 Å². The zero-order valence-electron chi connectivity index (χ0n) is 62.5. The molecule has 5 aromatic carbocycles. The maximum atomic E-state index is 12.3. The molecule has 0 unspecified atom stereocenters. The first kappa shape index (κ1) is 83.5. The van der Waals surface area contributed by atoms with Crippen molar-refractivity contribution in [2.45, 2.75) is 116 Å². The van der Waals surface area contributed by atoms with Crippen LogP contribution in [0.3, 0.4) is 0 Å². The fourth-order valence-corrected chi connectivity index (χ4v) is 14.9. The van der Waals surface area contributed by atoms with Crippen molar-refractivity contribution in [2.75, 3.05) is 51.2 Å². The first-order valence-electron chi connectivity index (χ1n) is 35.0. The molecule has 109 heavy (non-hydrogen) atoms. The lowest BCUT2D eigenvalue weighted by Crippen LogP contribution is -2.14. The second kappa shape index (κ2) is 37.7. The minimum absolute atomic E-state index is 0.1000. The minimum Gasteiger partial charge on any atom is -0.477 e. The lowest BCUT2D eigenvalue weighted by atomic mass is 10.1. The highest BCUT2D eigenvalue weighted by molar-refractivity contribution is 9.11. The molecule has 0 saturated carbocycles. The molecule has 12 aromatic rings. The Morgan fingerprint density at radius 1 is 0.505 bits per heavy atom. The molecule has 0 aliphatic heterocycles. The number of nitrogen functional groups attached to an aromatic ring is 3. The van der Waals surface area contributed by atoms with Crippen LogP contribution in [0.1, 0.15) is 103 Å². The lowest BCUT2D eigenvalue weighted by molar-refractivity contribution is 0.0591. The molecule has 0 bridgehead atoms. The molecule has 0 saturated heterocycles. The number of rotatable bonds is 27. The number of nitrogens with two attached hydrogens (primary N) is 3. The quantitative estimate of drug-likeness (QED) is 0.0274. The Balaban J connectivity index is 0.000000171. The predicted molar refractivity (Wildman–Crippen MR) is 433 cm³/mol. The molecule has 0 aliphatic carbocycles. The molecule has 3 atom stereocenters. The number of ether oxygens (including phenoxy) is 3. The number of anilines is 3. The SMILES string of the molecule is COC(=O)c1cc(C)nc(-c2c[nH]n(C)c2=O)c1.COC(=O)c1cc(C)nc(-c2cnn(C)c2OC[C@@H](C)CCCn2c(N)nc3ccc(Br)cc32)c1.Cc1ccc(S(=O)(=O)OC[C@@H](C)CCCn2c(N)nc3cc(Br)ccc32)cc1.Cc1ccc(S(=O)(=O)OC[C@@H](C)CCCn2c(N)nc3ccc(Br)cc32)cc1. The summed E-state index contributed by atoms with van der Waals surface area (Å²) < 4.78 is 87.3. The summed E-state index contributed by atoms with van der Waals surface area (Å²) >= 11 is 10.4. The molecule has 0 fully saturated rings. The lowest BCUT2D eigenvalue weighted by Gasteiger charge is -2.15. The Kier molecular flexibility index (Phi) is 28.9. The smallest absolute Gasteiger partial charge is 0.337 e. The summed E-state index contributed by atoms with van der Waals surface area (Å²) in [5.41, 5.74) is 30.1. The molecule has 0 radical (unpaired) electrons. The maximum absolute atomic E-state index is 12.3. The molecule has 0 aliphatic rings. The zero-order chi connectivity index (χ0) is 79.0. The van der Waals surface area contributed by atoms with E-state index in [-0.39, 0.29) is 40.4 Å². The number of aromatic nitrogens is 12. The van der Waals surface area contributed by atoms with Crippen LogP contribution in [0.15, 0.2) is 168 Å². The summed E-state index contributed by atoms with van der Waals surface area (Å²) in [4.78, 5) is 57.8. The number of aryl methyl sites for hydroxylation is 9. The largest absolute Gasteiger partial charge is 0.477 e. The summed E-state index contributed by atoms with van der Waals surface area (Å²) in [6.45, 7) is 16.6. The molecule has 32 heteroatoms. The summed E-state index contributed by atoms with van der Waals surface area (Å²) in [7, 11) is -1.33. The van der Waals surface area contributed by atoms with E-state index in [0.29, 0.717) is 82.3 Å². The van der Waals surface area contributed by atoms with E-state index in [1.165, 1.54) is 18.9 Å². The molecule has 7 N–H and O–H groups in total. The van der Waals surface area contributed by atoms with Crippen LogP contribution in [0.25, 0.3) is 55.6 Å². The number of fused-ring (bicyclic) bond motifs is 3. The van der Waals surface area contributed by atoms with Gasteiger partial charge in [-0.25, -0.2) is 29.2 Å². The van der Waals surface area contributed by atoms with Crippen LogP contribution in [0.4, 0.5) is 17.8 Å². The average Bonchev–Trinajstić information content (AvgIpc) is 1.70. The van der Waals surface area contributed by atoms with Crippen LogP contribution in [0.5, 0.6) is 5.88 Å². The zero-order valence-corrected chi connectivity index (χ0v) is 68.9. The Bertz CT molecular complexity index is 5470. The van der Waals surface area contributed by atoms with Crippen molar-refractivity contribution in [1.82, 2.24) is 58.2 Å². The van der Waals surface area contributed by atoms with E-state index in [0.717, 1.165) is 115 Å². The first-order chi connectivity index (χ1) is 51.8. The van der Waals surface area contributed by atoms with Crippen molar-refractivity contribution >= 4 is 131 Å². The number of carbonyl (C=O) groups excluding carboxylic acids is 2. The number of hydrogen-bond donors (Lipinski definition) is 4. The van der Waals surface area contributed by atoms with E-state index >= 15 is 0 Å². The van der Waals surface area contributed by atoms with E-state index in [2.05, 4.69) is 99.1 Å². The number of nitrogens with zero attached hydrogens (tertiary/aromatic N) is 11. The Morgan fingerprint density at radius 3 is 1.34 bits per heavy atom. The summed E-state index contributed by atoms with van der Waals surface area (Å²) in [5, 5.41) is 7.11. The Morgan fingerprint density at radius 2 is 0.908 bits per heavy atom. The monoisotopic (exact) mass is 1720 g/mol. The average molecular weight is 1720 g/mol. The molecular weight excluding hydrogens is 1630 g/mol. The number of H-pyrrole nitrogens is 1. The van der Waals surface area contributed by atoms with Gasteiger partial charge >= 0.3 is 11.9 Å². The number of benzene rings is 5. The Labute approximate surface area is 658 Å². The molecule has 7 heterocycles. The minimum atomic E-state index is -3.72. The third-order valence-electron chi connectivity index (χ3n) is 17.7. The van der Waals surface area contributed by atoms with Gasteiger partial charge in [-0.1, -0.05) is 104 Å². The summed E-state index contributed by atoms with van der Waals surface area (Å²) in [6, 6.07) is 37.6. The molecule has 12 rings (SSSR count). The highest BCUT2D eigenvalue weighted by Gasteiger charge is 2.23. The van der Waals surface area contributed by atoms with E-state index in [1.54, 1.807) is 104 Å². The van der Waals surface area contributed by atoms with Crippen molar-refractivity contribution in [2.24, 2.45) is 31.8 Å². The fraction of sp³-hybridized carbons (Fsp3) is 0.338. The van der Waals surface area contributed by atoms with Gasteiger partial charge in [0.2, 0.25) is 23.7 Å². The number of nitrogens with one attached hydrogen (secondary N) is 1. The van der Waals surface area contributed by atoms with Crippen molar-refractivity contribution in [3.63, 3.8) is 0 Å². The Hall–Kier alpha value is -9.57. The third kappa shape index (κ3) is 22.3. The standard InChI is InChI=1S/C25H29BrN6O3.2C20H24BrN3O3S.C12H13N3O3/c1-15(6-5-9-32-22-12-18(26)7-8-20(22)30-25(32)27)14-35-23-19(13-28-31(23)3)21-11-17(24(33)34-4)10-16(2)29-21;1-14-5-8-17(9-6-14)28(25,26)27-13-15(2)4-3-11-24-19-10-7-16(21)12-18(19)23-20(24)22;1-14-5-8-17(9-6-14)28(25,26)27-13-15(2)4-3-11-24-19-12-16(21)7-10-18(19)23-20(24)22;1-7-4-8(12(17)18-3)5-10(14-7)9-6-13-15(2)11(9)16/h7-8,10-13,15H,5-6,9,14H2,1-4H3,(H2,27,30);2*5-10,12,15H,3-4,11,13H2,1-2H3,(H2,22,23);4-6,13H,1-3H3/t3*15-;/m000./s1. The van der Waals surface area contributed by atoms with Crippen molar-refractivity contribution < 1.29 is 49.0 Å². The molecule has 7 aromatic heterocycles. The molecular formula is C77H90Br3N15O12S2. The van der Waals surface area contributed by atoms with Crippen LogP contribution in [-0.4, -0.2) is 121 Å². The van der Waals surface area contributed by atoms with Crippen LogP contribution < -0.4 is 27.5 Å². The van der Waals surface area contributed by atoms with Crippen molar-refractivity contribution in [3.05, 3.63) is 197 Å². The van der Waals surface area contributed by atoms with Crippen LogP contribution in [0.2, 0.25) is 0 Å². The normalized spacial score (nSPS) is 12.3. The van der Waals surface area contributed by atoms with E-state index < -0.39 is 32.2 Å².